The monoisotopic (exact) mass is 373 g/mol. The number of halogens is 3. The first-order valence-corrected chi connectivity index (χ1v) is 7.77. The van der Waals surface area contributed by atoms with Crippen LogP contribution in [0.3, 0.4) is 0 Å². The third-order valence-electron chi connectivity index (χ3n) is 4.18. The van der Waals surface area contributed by atoms with Gasteiger partial charge in [-0.05, 0) is 32.0 Å². The largest absolute Gasteiger partial charge is 0.360 e. The summed E-state index contributed by atoms with van der Waals surface area (Å²) in [7, 11) is 1.74. The molecule has 130 valence electrons. The van der Waals surface area contributed by atoms with Crippen LogP contribution in [0, 0.1) is 12.7 Å². The van der Waals surface area contributed by atoms with Crippen molar-refractivity contribution in [2.75, 3.05) is 20.1 Å². The molecule has 0 bridgehead atoms. The highest BCUT2D eigenvalue weighted by atomic mass is 35.5. The molecule has 3 rings (SSSR count). The minimum Gasteiger partial charge on any atom is -0.360 e. The van der Waals surface area contributed by atoms with Crippen molar-refractivity contribution in [2.24, 2.45) is 0 Å². The van der Waals surface area contributed by atoms with Gasteiger partial charge in [-0.25, -0.2) is 4.39 Å². The van der Waals surface area contributed by atoms with E-state index < -0.39 is 5.82 Å². The van der Waals surface area contributed by atoms with E-state index >= 15 is 0 Å². The molecule has 1 fully saturated rings. The quantitative estimate of drug-likeness (QED) is 0.896. The lowest BCUT2D eigenvalue weighted by Crippen LogP contribution is -2.38. The first kappa shape index (κ1) is 18.7. The minimum atomic E-state index is -0.537. The molecule has 1 aliphatic heterocycles. The standard InChI is InChI=1S/C16H17ClFN3O2.ClH/c1-9-13(16(22)21(2)10-6-7-19-8-10)15(20-23-9)14-11(17)4-3-5-12(14)18;/h3-5,10,19H,6-8H2,1-2H3;1H. The fourth-order valence-electron chi connectivity index (χ4n) is 2.83. The molecule has 2 heterocycles. The van der Waals surface area contributed by atoms with Crippen LogP contribution in [0.1, 0.15) is 22.5 Å². The van der Waals surface area contributed by atoms with E-state index in [1.807, 2.05) is 0 Å². The van der Waals surface area contributed by atoms with Crippen molar-refractivity contribution in [3.05, 3.63) is 40.4 Å². The van der Waals surface area contributed by atoms with E-state index in [-0.39, 0.29) is 46.2 Å². The van der Waals surface area contributed by atoms with Crippen molar-refractivity contribution in [2.45, 2.75) is 19.4 Å². The molecule has 1 aromatic carbocycles. The maximum Gasteiger partial charge on any atom is 0.259 e. The molecule has 1 atom stereocenters. The van der Waals surface area contributed by atoms with E-state index in [4.69, 9.17) is 16.1 Å². The first-order valence-electron chi connectivity index (χ1n) is 7.39. The van der Waals surface area contributed by atoms with Gasteiger partial charge < -0.3 is 14.7 Å². The third-order valence-corrected chi connectivity index (χ3v) is 4.49. The number of nitrogens with one attached hydrogen (secondary N) is 1. The van der Waals surface area contributed by atoms with Crippen molar-refractivity contribution in [3.8, 4) is 11.3 Å². The van der Waals surface area contributed by atoms with E-state index in [1.54, 1.807) is 24.9 Å². The Kier molecular flexibility index (Phi) is 5.85. The fourth-order valence-corrected chi connectivity index (χ4v) is 3.08. The Balaban J connectivity index is 0.00000208. The smallest absolute Gasteiger partial charge is 0.259 e. The second kappa shape index (κ2) is 7.51. The molecule has 5 nitrogen and oxygen atoms in total. The Hall–Kier alpha value is -1.63. The molecule has 1 aliphatic rings. The van der Waals surface area contributed by atoms with Crippen molar-refractivity contribution < 1.29 is 13.7 Å². The number of amides is 1. The molecule has 2 aromatic rings. The van der Waals surface area contributed by atoms with Crippen LogP contribution in [-0.4, -0.2) is 42.1 Å². The predicted octanol–water partition coefficient (Wildman–Crippen LogP) is 3.30. The van der Waals surface area contributed by atoms with E-state index in [0.29, 0.717) is 5.76 Å². The zero-order chi connectivity index (χ0) is 16.6. The lowest BCUT2D eigenvalue weighted by atomic mass is 10.0. The zero-order valence-corrected chi connectivity index (χ0v) is 14.9. The van der Waals surface area contributed by atoms with Gasteiger partial charge in [0.25, 0.3) is 5.91 Å². The van der Waals surface area contributed by atoms with Gasteiger partial charge in [0.2, 0.25) is 0 Å². The number of rotatable bonds is 3. The number of likely N-dealkylation sites (N-methyl/N-ethyl adjacent to an activating group) is 1. The highest BCUT2D eigenvalue weighted by Crippen LogP contribution is 2.34. The molecular formula is C16H18Cl2FN3O2. The molecule has 1 amide bonds. The summed E-state index contributed by atoms with van der Waals surface area (Å²) in [6, 6.07) is 4.44. The number of aromatic nitrogens is 1. The van der Waals surface area contributed by atoms with Crippen molar-refractivity contribution in [1.29, 1.82) is 0 Å². The van der Waals surface area contributed by atoms with Gasteiger partial charge in [0.15, 0.2) is 0 Å². The normalized spacial score (nSPS) is 16.8. The van der Waals surface area contributed by atoms with Gasteiger partial charge in [-0.15, -0.1) is 12.4 Å². The molecule has 0 radical (unpaired) electrons. The van der Waals surface area contributed by atoms with Gasteiger partial charge in [0, 0.05) is 19.6 Å². The van der Waals surface area contributed by atoms with Crippen molar-refractivity contribution >= 4 is 29.9 Å². The Morgan fingerprint density at radius 3 is 2.88 bits per heavy atom. The average molecular weight is 374 g/mol. The van der Waals surface area contributed by atoms with Crippen molar-refractivity contribution in [1.82, 2.24) is 15.4 Å². The Bertz CT molecular complexity index is 725. The molecule has 24 heavy (non-hydrogen) atoms. The maximum absolute atomic E-state index is 14.2. The van der Waals surface area contributed by atoms with Crippen LogP contribution in [0.15, 0.2) is 22.7 Å². The van der Waals surface area contributed by atoms with Crippen LogP contribution in [-0.2, 0) is 0 Å². The fraction of sp³-hybridized carbons (Fsp3) is 0.375. The summed E-state index contributed by atoms with van der Waals surface area (Å²) < 4.78 is 19.3. The second-order valence-corrected chi connectivity index (χ2v) is 6.03. The summed E-state index contributed by atoms with van der Waals surface area (Å²) in [4.78, 5) is 14.5. The molecular weight excluding hydrogens is 356 g/mol. The molecule has 1 aromatic heterocycles. The van der Waals surface area contributed by atoms with Gasteiger partial charge in [-0.2, -0.15) is 0 Å². The molecule has 0 spiro atoms. The van der Waals surface area contributed by atoms with Crippen LogP contribution in [0.5, 0.6) is 0 Å². The van der Waals surface area contributed by atoms with Crippen LogP contribution >= 0.6 is 24.0 Å². The van der Waals surface area contributed by atoms with Gasteiger partial charge in [-0.3, -0.25) is 4.79 Å². The molecule has 1 unspecified atom stereocenters. The van der Waals surface area contributed by atoms with E-state index in [1.165, 1.54) is 12.1 Å². The third kappa shape index (κ3) is 3.27. The van der Waals surface area contributed by atoms with Crippen LogP contribution in [0.4, 0.5) is 4.39 Å². The second-order valence-electron chi connectivity index (χ2n) is 5.62. The predicted molar refractivity (Wildman–Crippen MR) is 92.3 cm³/mol. The van der Waals surface area contributed by atoms with Gasteiger partial charge in [0.05, 0.1) is 10.6 Å². The zero-order valence-electron chi connectivity index (χ0n) is 13.3. The van der Waals surface area contributed by atoms with Crippen molar-refractivity contribution in [3.63, 3.8) is 0 Å². The minimum absolute atomic E-state index is 0. The number of hydrogen-bond acceptors (Lipinski definition) is 4. The molecule has 8 heteroatoms. The van der Waals surface area contributed by atoms with Gasteiger partial charge in [-0.1, -0.05) is 22.8 Å². The van der Waals surface area contributed by atoms with Gasteiger partial charge >= 0.3 is 0 Å². The Morgan fingerprint density at radius 1 is 1.50 bits per heavy atom. The number of aryl methyl sites for hydroxylation is 1. The van der Waals surface area contributed by atoms with Crippen LogP contribution in [0.2, 0.25) is 5.02 Å². The Morgan fingerprint density at radius 2 is 2.25 bits per heavy atom. The number of nitrogens with zero attached hydrogens (tertiary/aromatic N) is 2. The molecule has 1 saturated heterocycles. The molecule has 0 aliphatic carbocycles. The summed E-state index contributed by atoms with van der Waals surface area (Å²) in [5, 5.41) is 7.29. The summed E-state index contributed by atoms with van der Waals surface area (Å²) in [6.07, 6.45) is 0.877. The number of carbonyl (C=O) groups is 1. The van der Waals surface area contributed by atoms with E-state index in [0.717, 1.165) is 19.5 Å². The maximum atomic E-state index is 14.2. The lowest BCUT2D eigenvalue weighted by Gasteiger charge is -2.23. The summed E-state index contributed by atoms with van der Waals surface area (Å²) >= 11 is 6.10. The molecule has 0 saturated carbocycles. The lowest BCUT2D eigenvalue weighted by molar-refractivity contribution is 0.0742. The van der Waals surface area contributed by atoms with E-state index in [9.17, 15) is 9.18 Å². The topological polar surface area (TPSA) is 58.4 Å². The highest BCUT2D eigenvalue weighted by molar-refractivity contribution is 6.33. The highest BCUT2D eigenvalue weighted by Gasteiger charge is 2.31. The average Bonchev–Trinajstić information content (AvgIpc) is 3.16. The van der Waals surface area contributed by atoms with E-state index in [2.05, 4.69) is 10.5 Å². The van der Waals surface area contributed by atoms with Crippen LogP contribution in [0.25, 0.3) is 11.3 Å². The SMILES string of the molecule is Cc1onc(-c2c(F)cccc2Cl)c1C(=O)N(C)C1CCNC1.Cl. The summed E-state index contributed by atoms with van der Waals surface area (Å²) in [5.41, 5.74) is 0.493. The molecule has 1 N–H and O–H groups in total. The summed E-state index contributed by atoms with van der Waals surface area (Å²) in [5.74, 6) is -0.432. The Labute approximate surface area is 150 Å². The number of benzene rings is 1. The first-order chi connectivity index (χ1) is 11.0. The van der Waals surface area contributed by atoms with Gasteiger partial charge in [0.1, 0.15) is 22.8 Å². The van der Waals surface area contributed by atoms with Crippen LogP contribution < -0.4 is 5.32 Å². The summed E-state index contributed by atoms with van der Waals surface area (Å²) in [6.45, 7) is 3.25. The number of hydrogen-bond donors (Lipinski definition) is 1. The number of carbonyl (C=O) groups excluding carboxylic acids is 1.